The van der Waals surface area contributed by atoms with E-state index in [0.29, 0.717) is 29.1 Å². The van der Waals surface area contributed by atoms with Gasteiger partial charge in [0.1, 0.15) is 11.3 Å². The van der Waals surface area contributed by atoms with Gasteiger partial charge in [0.15, 0.2) is 11.2 Å². The van der Waals surface area contributed by atoms with Crippen molar-refractivity contribution in [3.63, 3.8) is 0 Å². The predicted octanol–water partition coefficient (Wildman–Crippen LogP) is 4.04. The van der Waals surface area contributed by atoms with Gasteiger partial charge < -0.3 is 9.15 Å². The minimum Gasteiger partial charge on any atom is -0.497 e. The number of fused-ring (bicyclic) bond motifs is 2. The summed E-state index contributed by atoms with van der Waals surface area (Å²) in [6.07, 6.45) is 1.75. The van der Waals surface area contributed by atoms with Crippen LogP contribution in [0.5, 0.6) is 5.75 Å². The van der Waals surface area contributed by atoms with Crippen molar-refractivity contribution in [3.05, 3.63) is 56.3 Å². The first-order valence-corrected chi connectivity index (χ1v) is 9.61. The molecule has 4 rings (SSSR count). The monoisotopic (exact) mass is 382 g/mol. The standard InChI is InChI=1S/C20H18N2O4S/c1-3-4-9-22-18(15-6-5-10-27-15)21-19-16(20(22)24)17(23)13-8-7-12(25-2)11-14(13)26-19/h5-8,10-11H,3-4,9H2,1-2H3. The predicted molar refractivity (Wildman–Crippen MR) is 107 cm³/mol. The molecule has 0 radical (unpaired) electrons. The third kappa shape index (κ3) is 2.94. The van der Waals surface area contributed by atoms with Gasteiger partial charge in [0.25, 0.3) is 5.56 Å². The third-order valence-electron chi connectivity index (χ3n) is 4.48. The van der Waals surface area contributed by atoms with E-state index in [9.17, 15) is 9.59 Å². The van der Waals surface area contributed by atoms with E-state index in [2.05, 4.69) is 11.9 Å². The van der Waals surface area contributed by atoms with Crippen molar-refractivity contribution in [1.82, 2.24) is 9.55 Å². The molecular formula is C20H18N2O4S. The maximum Gasteiger partial charge on any atom is 0.269 e. The number of aromatic nitrogens is 2. The van der Waals surface area contributed by atoms with Crippen LogP contribution in [-0.4, -0.2) is 16.7 Å². The van der Waals surface area contributed by atoms with E-state index < -0.39 is 0 Å². The summed E-state index contributed by atoms with van der Waals surface area (Å²) >= 11 is 1.49. The second-order valence-corrected chi connectivity index (χ2v) is 7.14. The molecule has 0 fully saturated rings. The van der Waals surface area contributed by atoms with Gasteiger partial charge in [-0.05, 0) is 30.0 Å². The molecule has 138 valence electrons. The number of ether oxygens (including phenoxy) is 1. The molecule has 4 aromatic rings. The van der Waals surface area contributed by atoms with Crippen LogP contribution in [0.4, 0.5) is 0 Å². The van der Waals surface area contributed by atoms with Gasteiger partial charge in [-0.25, -0.2) is 0 Å². The van der Waals surface area contributed by atoms with Crippen molar-refractivity contribution in [2.24, 2.45) is 0 Å². The van der Waals surface area contributed by atoms with Crippen molar-refractivity contribution in [3.8, 4) is 16.5 Å². The molecule has 0 atom stereocenters. The molecule has 0 N–H and O–H groups in total. The molecule has 0 saturated carbocycles. The molecule has 7 heteroatoms. The molecule has 0 amide bonds. The molecule has 27 heavy (non-hydrogen) atoms. The van der Waals surface area contributed by atoms with Crippen LogP contribution < -0.4 is 15.7 Å². The van der Waals surface area contributed by atoms with E-state index in [1.807, 2.05) is 17.5 Å². The second kappa shape index (κ2) is 7.00. The van der Waals surface area contributed by atoms with Crippen LogP contribution in [0.25, 0.3) is 32.8 Å². The van der Waals surface area contributed by atoms with Gasteiger partial charge in [0.2, 0.25) is 11.1 Å². The van der Waals surface area contributed by atoms with Crippen molar-refractivity contribution in [1.29, 1.82) is 0 Å². The van der Waals surface area contributed by atoms with E-state index in [4.69, 9.17) is 9.15 Å². The van der Waals surface area contributed by atoms with E-state index in [-0.39, 0.29) is 22.1 Å². The molecule has 0 unspecified atom stereocenters. The van der Waals surface area contributed by atoms with Gasteiger partial charge in [0.05, 0.1) is 17.4 Å². The van der Waals surface area contributed by atoms with Gasteiger partial charge in [-0.15, -0.1) is 11.3 Å². The Bertz CT molecular complexity index is 1240. The highest BCUT2D eigenvalue weighted by molar-refractivity contribution is 7.13. The van der Waals surface area contributed by atoms with Crippen molar-refractivity contribution in [2.45, 2.75) is 26.3 Å². The zero-order valence-corrected chi connectivity index (χ0v) is 15.8. The summed E-state index contributed by atoms with van der Waals surface area (Å²) in [5.41, 5.74) is -0.318. The van der Waals surface area contributed by atoms with E-state index in [1.54, 1.807) is 29.9 Å². The summed E-state index contributed by atoms with van der Waals surface area (Å²) in [4.78, 5) is 31.6. The maximum absolute atomic E-state index is 13.2. The van der Waals surface area contributed by atoms with E-state index in [0.717, 1.165) is 17.7 Å². The van der Waals surface area contributed by atoms with Crippen LogP contribution in [0, 0.1) is 0 Å². The fraction of sp³-hybridized carbons (Fsp3) is 0.250. The molecule has 3 heterocycles. The number of benzene rings is 1. The third-order valence-corrected chi connectivity index (χ3v) is 5.35. The lowest BCUT2D eigenvalue weighted by Gasteiger charge is -2.12. The molecule has 0 aliphatic carbocycles. The molecule has 3 aromatic heterocycles. The summed E-state index contributed by atoms with van der Waals surface area (Å²) in [5.74, 6) is 1.10. The zero-order chi connectivity index (χ0) is 19.0. The Kier molecular flexibility index (Phi) is 4.53. The largest absolute Gasteiger partial charge is 0.497 e. The first-order chi connectivity index (χ1) is 13.1. The van der Waals surface area contributed by atoms with Crippen molar-refractivity contribution in [2.75, 3.05) is 7.11 Å². The fourth-order valence-corrected chi connectivity index (χ4v) is 3.78. The highest BCUT2D eigenvalue weighted by Gasteiger charge is 2.19. The molecule has 0 saturated heterocycles. The number of hydrogen-bond acceptors (Lipinski definition) is 6. The van der Waals surface area contributed by atoms with Gasteiger partial charge in [-0.1, -0.05) is 19.4 Å². The lowest BCUT2D eigenvalue weighted by Crippen LogP contribution is -2.27. The minimum atomic E-state index is -0.366. The summed E-state index contributed by atoms with van der Waals surface area (Å²) in [7, 11) is 1.54. The summed E-state index contributed by atoms with van der Waals surface area (Å²) in [6, 6.07) is 8.73. The quantitative estimate of drug-likeness (QED) is 0.487. The smallest absolute Gasteiger partial charge is 0.269 e. The van der Waals surface area contributed by atoms with Crippen molar-refractivity contribution < 1.29 is 9.15 Å². The van der Waals surface area contributed by atoms with Crippen LogP contribution in [0.2, 0.25) is 0 Å². The molecule has 0 spiro atoms. The number of unbranched alkanes of at least 4 members (excludes halogenated alkanes) is 1. The lowest BCUT2D eigenvalue weighted by atomic mass is 10.2. The minimum absolute atomic E-state index is 0.0101. The number of thiophene rings is 1. The van der Waals surface area contributed by atoms with Gasteiger partial charge >= 0.3 is 0 Å². The molecule has 0 aliphatic heterocycles. The van der Waals surface area contributed by atoms with Gasteiger partial charge in [0, 0.05) is 12.6 Å². The normalized spacial score (nSPS) is 11.3. The van der Waals surface area contributed by atoms with Crippen LogP contribution in [0.15, 0.2) is 49.7 Å². The summed E-state index contributed by atoms with van der Waals surface area (Å²) in [6.45, 7) is 2.56. The first-order valence-electron chi connectivity index (χ1n) is 8.73. The van der Waals surface area contributed by atoms with Crippen LogP contribution in [0.3, 0.4) is 0 Å². The number of methoxy groups -OCH3 is 1. The Morgan fingerprint density at radius 2 is 2.11 bits per heavy atom. The summed E-state index contributed by atoms with van der Waals surface area (Å²) in [5, 5.41) is 2.26. The Hall–Kier alpha value is -2.93. The first kappa shape index (κ1) is 17.5. The van der Waals surface area contributed by atoms with E-state index in [1.165, 1.54) is 11.3 Å². The average molecular weight is 382 g/mol. The number of hydrogen-bond donors (Lipinski definition) is 0. The van der Waals surface area contributed by atoms with E-state index >= 15 is 0 Å². The Morgan fingerprint density at radius 1 is 1.26 bits per heavy atom. The van der Waals surface area contributed by atoms with Crippen molar-refractivity contribution >= 4 is 33.4 Å². The highest BCUT2D eigenvalue weighted by Crippen LogP contribution is 2.25. The molecule has 0 bridgehead atoms. The Labute approximate surface area is 158 Å². The zero-order valence-electron chi connectivity index (χ0n) is 15.0. The second-order valence-electron chi connectivity index (χ2n) is 6.20. The lowest BCUT2D eigenvalue weighted by molar-refractivity contribution is 0.414. The molecule has 6 nitrogen and oxygen atoms in total. The van der Waals surface area contributed by atoms with Crippen LogP contribution in [0.1, 0.15) is 19.8 Å². The summed E-state index contributed by atoms with van der Waals surface area (Å²) < 4.78 is 12.6. The number of rotatable bonds is 5. The Balaban J connectivity index is 2.10. The fourth-order valence-electron chi connectivity index (χ4n) is 3.06. The van der Waals surface area contributed by atoms with Crippen LogP contribution in [-0.2, 0) is 6.54 Å². The molecular weight excluding hydrogens is 364 g/mol. The van der Waals surface area contributed by atoms with Gasteiger partial charge in [-0.3, -0.25) is 14.2 Å². The average Bonchev–Trinajstić information content (AvgIpc) is 3.21. The molecule has 0 aliphatic rings. The Morgan fingerprint density at radius 3 is 2.81 bits per heavy atom. The highest BCUT2D eigenvalue weighted by atomic mass is 32.1. The SMILES string of the molecule is CCCCn1c(-c2cccs2)nc2oc3cc(OC)ccc3c(=O)c2c1=O. The van der Waals surface area contributed by atoms with Gasteiger partial charge in [-0.2, -0.15) is 4.98 Å². The topological polar surface area (TPSA) is 74.3 Å². The number of nitrogens with zero attached hydrogens (tertiary/aromatic N) is 2. The van der Waals surface area contributed by atoms with Crippen LogP contribution >= 0.6 is 11.3 Å². The molecule has 1 aromatic carbocycles. The maximum atomic E-state index is 13.2.